The second-order valence-corrected chi connectivity index (χ2v) is 15.0. The van der Waals surface area contributed by atoms with Gasteiger partial charge in [0.25, 0.3) is 0 Å². The van der Waals surface area contributed by atoms with Crippen LogP contribution in [0.5, 0.6) is 0 Å². The highest BCUT2D eigenvalue weighted by atomic mass is 79.9. The number of rotatable bonds is 13. The van der Waals surface area contributed by atoms with Crippen LogP contribution in [0.2, 0.25) is 0 Å². The summed E-state index contributed by atoms with van der Waals surface area (Å²) in [6, 6.07) is 43.7. The average Bonchev–Trinajstić information content (AvgIpc) is 3.84. The van der Waals surface area contributed by atoms with Crippen LogP contribution < -0.4 is 10.6 Å². The van der Waals surface area contributed by atoms with Gasteiger partial charge in [0, 0.05) is 17.8 Å². The van der Waals surface area contributed by atoms with Gasteiger partial charge in [-0.05, 0) is 65.6 Å². The fourth-order valence-electron chi connectivity index (χ4n) is 6.65. The number of hydrogen-bond donors (Lipinski definition) is 2. The van der Waals surface area contributed by atoms with Crippen molar-refractivity contribution in [2.45, 2.75) is 20.0 Å². The predicted molar refractivity (Wildman–Crippen MR) is 248 cm³/mol. The van der Waals surface area contributed by atoms with E-state index in [9.17, 15) is 9.59 Å². The van der Waals surface area contributed by atoms with E-state index in [1.54, 1.807) is 24.7 Å². The van der Waals surface area contributed by atoms with E-state index in [1.165, 1.54) is 11.3 Å². The van der Waals surface area contributed by atoms with Gasteiger partial charge in [-0.1, -0.05) is 113 Å². The Labute approximate surface area is 369 Å². The van der Waals surface area contributed by atoms with E-state index in [-0.39, 0.29) is 21.9 Å². The average molecular weight is 901 g/mol. The molecular weight excluding hydrogens is 863 g/mol. The zero-order chi connectivity index (χ0) is 42.7. The van der Waals surface area contributed by atoms with Gasteiger partial charge in [-0.25, -0.2) is 29.7 Å². The van der Waals surface area contributed by atoms with Crippen molar-refractivity contribution < 1.29 is 14.3 Å². The number of benzene rings is 4. The first-order valence-electron chi connectivity index (χ1n) is 19.7. The molecule has 0 aliphatic heterocycles. The van der Waals surface area contributed by atoms with Crippen molar-refractivity contribution in [1.29, 1.82) is 0 Å². The molecule has 4 aromatic carbocycles. The van der Waals surface area contributed by atoms with Crippen LogP contribution in [0.3, 0.4) is 0 Å². The largest absolute Gasteiger partial charge is 0.461 e. The molecule has 2 N–H and O–H groups in total. The number of thiazole rings is 1. The molecule has 0 saturated carbocycles. The fraction of sp³-hybridized carbons (Fsp3) is 0.104. The SMILES string of the molecule is CCOC(=O)c1nc(-c2nc(NCc3ccccn3)c3c(-c4ccccc4)cccc3n2)cs1.O=C(CBr)c1nc(NCc2ccccn2)c2c(-c3ccccc3)cccc2n1. The Balaban J connectivity index is 0.000000174. The molecule has 5 heterocycles. The summed E-state index contributed by atoms with van der Waals surface area (Å²) in [7, 11) is 0. The highest BCUT2D eigenvalue weighted by Gasteiger charge is 2.19. The molecule has 0 saturated heterocycles. The molecule has 0 spiro atoms. The van der Waals surface area contributed by atoms with E-state index >= 15 is 0 Å². The molecule has 62 heavy (non-hydrogen) atoms. The summed E-state index contributed by atoms with van der Waals surface area (Å²) in [5, 5.41) is 10.8. The molecule has 0 aliphatic carbocycles. The van der Waals surface area contributed by atoms with E-state index < -0.39 is 5.97 Å². The predicted octanol–water partition coefficient (Wildman–Crippen LogP) is 10.5. The summed E-state index contributed by atoms with van der Waals surface area (Å²) in [4.78, 5) is 56.2. The Kier molecular flexibility index (Phi) is 13.3. The Bertz CT molecular complexity index is 2960. The Morgan fingerprint density at radius 1 is 0.613 bits per heavy atom. The third-order valence-electron chi connectivity index (χ3n) is 9.50. The van der Waals surface area contributed by atoms with Gasteiger partial charge in [0.15, 0.2) is 11.6 Å². The lowest BCUT2D eigenvalue weighted by Gasteiger charge is -2.14. The van der Waals surface area contributed by atoms with Gasteiger partial charge in [0.2, 0.25) is 10.8 Å². The minimum Gasteiger partial charge on any atom is -0.461 e. The van der Waals surface area contributed by atoms with E-state index in [2.05, 4.69) is 81.8 Å². The number of carbonyl (C=O) groups is 2. The van der Waals surface area contributed by atoms with Crippen molar-refractivity contribution in [2.24, 2.45) is 0 Å². The number of aromatic nitrogens is 7. The smallest absolute Gasteiger partial charge is 0.367 e. The number of pyridine rings is 2. The summed E-state index contributed by atoms with van der Waals surface area (Å²) in [6.07, 6.45) is 3.52. The normalized spacial score (nSPS) is 10.8. The number of hydrogen-bond acceptors (Lipinski definition) is 13. The van der Waals surface area contributed by atoms with Crippen LogP contribution in [0.1, 0.15) is 38.7 Å². The number of carbonyl (C=O) groups excluding carboxylic acids is 2. The van der Waals surface area contributed by atoms with Crippen LogP contribution in [0.25, 0.3) is 55.6 Å². The number of esters is 1. The monoisotopic (exact) mass is 899 g/mol. The number of anilines is 2. The van der Waals surface area contributed by atoms with Crippen molar-refractivity contribution in [3.63, 3.8) is 0 Å². The van der Waals surface area contributed by atoms with E-state index in [0.29, 0.717) is 42.9 Å². The van der Waals surface area contributed by atoms with Gasteiger partial charge in [-0.15, -0.1) is 11.3 Å². The lowest BCUT2D eigenvalue weighted by Crippen LogP contribution is -2.11. The van der Waals surface area contributed by atoms with Crippen molar-refractivity contribution in [2.75, 3.05) is 22.6 Å². The van der Waals surface area contributed by atoms with Gasteiger partial charge in [-0.2, -0.15) is 0 Å². The number of nitrogens with one attached hydrogen (secondary N) is 2. The topological polar surface area (TPSA) is 158 Å². The molecule has 306 valence electrons. The van der Waals surface area contributed by atoms with Crippen LogP contribution in [-0.4, -0.2) is 58.6 Å². The molecule has 12 nitrogen and oxygen atoms in total. The molecular formula is C48H38BrN9O3S. The van der Waals surface area contributed by atoms with E-state index in [1.807, 2.05) is 103 Å². The summed E-state index contributed by atoms with van der Waals surface area (Å²) < 4.78 is 5.07. The number of alkyl halides is 1. The zero-order valence-electron chi connectivity index (χ0n) is 33.4. The van der Waals surface area contributed by atoms with Crippen LogP contribution in [0.4, 0.5) is 11.6 Å². The number of nitrogens with zero attached hydrogens (tertiary/aromatic N) is 7. The Morgan fingerprint density at radius 2 is 1.16 bits per heavy atom. The molecule has 0 amide bonds. The molecule has 9 rings (SSSR count). The first-order chi connectivity index (χ1) is 30.5. The number of Topliss-reactive ketones (excluding diaryl/α,β-unsaturated/α-hetero) is 1. The zero-order valence-corrected chi connectivity index (χ0v) is 35.8. The molecule has 0 fully saturated rings. The van der Waals surface area contributed by atoms with Crippen LogP contribution in [0, 0.1) is 0 Å². The van der Waals surface area contributed by atoms with E-state index in [4.69, 9.17) is 14.7 Å². The molecule has 5 aromatic heterocycles. The summed E-state index contributed by atoms with van der Waals surface area (Å²) in [6.45, 7) is 3.06. The maximum Gasteiger partial charge on any atom is 0.367 e. The molecule has 9 aromatic rings. The molecule has 14 heteroatoms. The van der Waals surface area contributed by atoms with E-state index in [0.717, 1.165) is 55.4 Å². The van der Waals surface area contributed by atoms with Gasteiger partial charge < -0.3 is 15.4 Å². The van der Waals surface area contributed by atoms with Crippen LogP contribution >= 0.6 is 27.3 Å². The summed E-state index contributed by atoms with van der Waals surface area (Å²) in [5.41, 5.74) is 8.00. The second-order valence-electron chi connectivity index (χ2n) is 13.6. The number of ether oxygens (including phenoxy) is 1. The molecule has 0 radical (unpaired) electrons. The van der Waals surface area contributed by atoms with Crippen molar-refractivity contribution in [3.8, 4) is 33.8 Å². The first-order valence-corrected chi connectivity index (χ1v) is 21.7. The number of ketones is 1. The number of halogens is 1. The third-order valence-corrected chi connectivity index (χ3v) is 10.8. The standard InChI is InChI=1S/C26H21N5O2S.C22H17BrN4O/c1-2-33-26(32)25-30-21(16-34-25)23-29-20-13-8-12-19(17-9-4-3-5-10-17)22(20)24(31-23)28-15-18-11-6-7-14-27-18;23-13-19(28)21-26-18-11-6-10-17(15-7-2-1-3-8-15)20(18)22(27-21)25-14-16-9-4-5-12-24-16/h3-14,16H,2,15H2,1H3,(H,28,29,31);1-12H,13-14H2,(H,25,26,27). The quantitative estimate of drug-likeness (QED) is 0.0642. The summed E-state index contributed by atoms with van der Waals surface area (Å²) >= 11 is 4.42. The highest BCUT2D eigenvalue weighted by Crippen LogP contribution is 2.35. The third kappa shape index (κ3) is 9.67. The van der Waals surface area contributed by atoms with Gasteiger partial charge in [0.05, 0.1) is 58.2 Å². The van der Waals surface area contributed by atoms with Gasteiger partial charge in [-0.3, -0.25) is 14.8 Å². The van der Waals surface area contributed by atoms with Crippen LogP contribution in [0.15, 0.2) is 151 Å². The molecule has 0 atom stereocenters. The lowest BCUT2D eigenvalue weighted by atomic mass is 10.0. The van der Waals surface area contributed by atoms with Gasteiger partial charge in [0.1, 0.15) is 17.3 Å². The number of fused-ring (bicyclic) bond motifs is 2. The van der Waals surface area contributed by atoms with Gasteiger partial charge >= 0.3 is 5.97 Å². The maximum atomic E-state index is 12.2. The first kappa shape index (κ1) is 41.4. The minimum absolute atomic E-state index is 0.159. The Hall–Kier alpha value is -7.29. The molecule has 0 unspecified atom stereocenters. The molecule has 0 aliphatic rings. The van der Waals surface area contributed by atoms with Crippen molar-refractivity contribution in [1.82, 2.24) is 34.9 Å². The fourth-order valence-corrected chi connectivity index (χ4v) is 7.59. The lowest BCUT2D eigenvalue weighted by molar-refractivity contribution is 0.0526. The maximum absolute atomic E-state index is 12.2. The van der Waals surface area contributed by atoms with Crippen molar-refractivity contribution >= 4 is 72.5 Å². The van der Waals surface area contributed by atoms with Crippen LogP contribution in [-0.2, 0) is 17.8 Å². The summed E-state index contributed by atoms with van der Waals surface area (Å²) in [5.74, 6) is 1.33. The minimum atomic E-state index is -0.445. The second kappa shape index (κ2) is 19.8. The highest BCUT2D eigenvalue weighted by molar-refractivity contribution is 9.09. The Morgan fingerprint density at radius 3 is 1.69 bits per heavy atom. The molecule has 0 bridgehead atoms. The van der Waals surface area contributed by atoms with Crippen molar-refractivity contribution in [3.05, 3.63) is 173 Å².